The van der Waals surface area contributed by atoms with E-state index in [2.05, 4.69) is 15.8 Å². The third-order valence-corrected chi connectivity index (χ3v) is 3.88. The van der Waals surface area contributed by atoms with Gasteiger partial charge < -0.3 is 10.1 Å². The second-order valence-corrected chi connectivity index (χ2v) is 6.07. The molecule has 3 rings (SSSR count). The van der Waals surface area contributed by atoms with Crippen LogP contribution < -0.4 is 15.5 Å². The summed E-state index contributed by atoms with van der Waals surface area (Å²) in [6.07, 6.45) is -5.08. The molecule has 0 aliphatic carbocycles. The van der Waals surface area contributed by atoms with E-state index in [1.54, 1.807) is 36.4 Å². The summed E-state index contributed by atoms with van der Waals surface area (Å²) in [5, 5.41) is 5.83. The molecule has 1 heterocycles. The van der Waals surface area contributed by atoms with Gasteiger partial charge in [0, 0.05) is 12.1 Å². The van der Waals surface area contributed by atoms with E-state index in [9.17, 15) is 18.0 Å². The number of amides is 1. The molecule has 26 heavy (non-hydrogen) atoms. The minimum Gasteiger partial charge on any atom is -0.457 e. The van der Waals surface area contributed by atoms with Gasteiger partial charge in [-0.05, 0) is 43.3 Å². The molecule has 0 fully saturated rings. The van der Waals surface area contributed by atoms with Crippen molar-refractivity contribution < 1.29 is 22.7 Å². The number of carbonyl (C=O) groups excluding carboxylic acids is 1. The summed E-state index contributed by atoms with van der Waals surface area (Å²) in [4.78, 5) is 12.3. The van der Waals surface area contributed by atoms with Crippen molar-refractivity contribution in [2.24, 2.45) is 5.10 Å². The molecular weight excluding hydrogens is 347 g/mol. The van der Waals surface area contributed by atoms with Crippen LogP contribution in [0.3, 0.4) is 0 Å². The van der Waals surface area contributed by atoms with Gasteiger partial charge in [-0.25, -0.2) is 0 Å². The second-order valence-electron chi connectivity index (χ2n) is 6.07. The first-order chi connectivity index (χ1) is 12.3. The molecule has 1 aliphatic rings. The smallest absolute Gasteiger partial charge is 0.431 e. The van der Waals surface area contributed by atoms with Gasteiger partial charge in [0.25, 0.3) is 5.91 Å². The molecule has 0 aromatic heterocycles. The zero-order valence-corrected chi connectivity index (χ0v) is 13.8. The number of nitrogens with one attached hydrogen (secondary N) is 2. The van der Waals surface area contributed by atoms with Gasteiger partial charge in [-0.15, -0.1) is 0 Å². The number of para-hydroxylation sites is 1. The number of rotatable bonds is 4. The van der Waals surface area contributed by atoms with Gasteiger partial charge in [0.1, 0.15) is 22.7 Å². The lowest BCUT2D eigenvalue weighted by Crippen LogP contribution is -2.48. The third-order valence-electron chi connectivity index (χ3n) is 3.88. The molecule has 5 nitrogen and oxygen atoms in total. The maximum atomic E-state index is 12.7. The molecule has 0 spiro atoms. The first kappa shape index (κ1) is 17.8. The van der Waals surface area contributed by atoms with Crippen LogP contribution in [0.25, 0.3) is 0 Å². The Morgan fingerprint density at radius 3 is 2.31 bits per heavy atom. The number of hydrogen-bond acceptors (Lipinski definition) is 4. The Morgan fingerprint density at radius 1 is 1.12 bits per heavy atom. The molecule has 8 heteroatoms. The highest BCUT2D eigenvalue weighted by atomic mass is 19.4. The fourth-order valence-electron chi connectivity index (χ4n) is 2.40. The lowest BCUT2D eigenvalue weighted by atomic mass is 9.95. The first-order valence-corrected chi connectivity index (χ1v) is 7.82. The summed E-state index contributed by atoms with van der Waals surface area (Å²) >= 11 is 0. The van der Waals surface area contributed by atoms with Crippen LogP contribution >= 0.6 is 0 Å². The average Bonchev–Trinajstić information content (AvgIpc) is 3.02. The molecule has 1 atom stereocenters. The average molecular weight is 363 g/mol. The topological polar surface area (TPSA) is 62.7 Å². The van der Waals surface area contributed by atoms with Crippen molar-refractivity contribution in [3.63, 3.8) is 0 Å². The molecule has 2 aromatic rings. The molecule has 0 saturated carbocycles. The van der Waals surface area contributed by atoms with Crippen molar-refractivity contribution in [3.05, 3.63) is 54.6 Å². The molecule has 1 aliphatic heterocycles. The largest absolute Gasteiger partial charge is 0.457 e. The predicted molar refractivity (Wildman–Crippen MR) is 91.2 cm³/mol. The van der Waals surface area contributed by atoms with Crippen LogP contribution in [0.1, 0.15) is 13.3 Å². The van der Waals surface area contributed by atoms with Gasteiger partial charge in [0.15, 0.2) is 0 Å². The Bertz CT molecular complexity index is 820. The number of ether oxygens (including phenoxy) is 1. The molecule has 2 aromatic carbocycles. The van der Waals surface area contributed by atoms with E-state index in [1.165, 1.54) is 6.92 Å². The van der Waals surface area contributed by atoms with Gasteiger partial charge >= 0.3 is 6.18 Å². The molecule has 0 radical (unpaired) electrons. The maximum absolute atomic E-state index is 12.7. The number of alkyl halides is 3. The Morgan fingerprint density at radius 2 is 1.73 bits per heavy atom. The number of halogens is 3. The Labute approximate surface area is 147 Å². The van der Waals surface area contributed by atoms with Crippen LogP contribution in [0.2, 0.25) is 0 Å². The Hall–Kier alpha value is -3.03. The van der Waals surface area contributed by atoms with E-state index < -0.39 is 29.8 Å². The number of anilines is 1. The van der Waals surface area contributed by atoms with Crippen molar-refractivity contribution in [3.8, 4) is 11.5 Å². The van der Waals surface area contributed by atoms with Gasteiger partial charge in [0.05, 0.1) is 0 Å². The highest BCUT2D eigenvalue weighted by molar-refractivity contribution is 6.04. The predicted octanol–water partition coefficient (Wildman–Crippen LogP) is 4.09. The summed E-state index contributed by atoms with van der Waals surface area (Å²) in [7, 11) is 0. The molecular formula is C18H16F3N3O2. The van der Waals surface area contributed by atoms with E-state index in [1.807, 2.05) is 18.2 Å². The normalized spacial score (nSPS) is 19.5. The van der Waals surface area contributed by atoms with Crippen LogP contribution in [-0.4, -0.2) is 23.3 Å². The van der Waals surface area contributed by atoms with Gasteiger partial charge in [-0.1, -0.05) is 18.2 Å². The summed E-state index contributed by atoms with van der Waals surface area (Å²) in [6.45, 7) is 1.37. The van der Waals surface area contributed by atoms with Crippen molar-refractivity contribution >= 4 is 17.3 Å². The minimum absolute atomic E-state index is 0.443. The molecule has 1 amide bonds. The summed E-state index contributed by atoms with van der Waals surface area (Å²) in [5.74, 6) is 0.642. The van der Waals surface area contributed by atoms with E-state index in [4.69, 9.17) is 4.74 Å². The lowest BCUT2D eigenvalue weighted by Gasteiger charge is -2.22. The number of hydrazone groups is 1. The van der Waals surface area contributed by atoms with Gasteiger partial charge in [-0.3, -0.25) is 10.2 Å². The molecule has 0 bridgehead atoms. The van der Waals surface area contributed by atoms with Crippen LogP contribution in [0.15, 0.2) is 59.7 Å². The zero-order valence-electron chi connectivity index (χ0n) is 13.8. The van der Waals surface area contributed by atoms with E-state index in [0.29, 0.717) is 17.2 Å². The van der Waals surface area contributed by atoms with Crippen molar-refractivity contribution in [2.75, 3.05) is 5.32 Å². The summed E-state index contributed by atoms with van der Waals surface area (Å²) in [6, 6.07) is 15.7. The van der Waals surface area contributed by atoms with Crippen LogP contribution in [0, 0.1) is 0 Å². The van der Waals surface area contributed by atoms with Crippen molar-refractivity contribution in [2.45, 2.75) is 25.1 Å². The Balaban J connectivity index is 1.62. The quantitative estimate of drug-likeness (QED) is 0.860. The minimum atomic E-state index is -4.55. The molecule has 1 unspecified atom stereocenters. The fourth-order valence-corrected chi connectivity index (χ4v) is 2.40. The highest BCUT2D eigenvalue weighted by Crippen LogP contribution is 2.29. The first-order valence-electron chi connectivity index (χ1n) is 7.82. The zero-order chi connectivity index (χ0) is 18.8. The van der Waals surface area contributed by atoms with Gasteiger partial charge in [-0.2, -0.15) is 18.3 Å². The fraction of sp³-hybridized carbons (Fsp3) is 0.222. The monoisotopic (exact) mass is 363 g/mol. The molecule has 2 N–H and O–H groups in total. The highest BCUT2D eigenvalue weighted by Gasteiger charge is 2.48. The van der Waals surface area contributed by atoms with E-state index >= 15 is 0 Å². The number of nitrogens with zero attached hydrogens (tertiary/aromatic N) is 1. The van der Waals surface area contributed by atoms with Crippen molar-refractivity contribution in [1.82, 2.24) is 5.43 Å². The Kier molecular flexibility index (Phi) is 4.58. The van der Waals surface area contributed by atoms with Crippen molar-refractivity contribution in [1.29, 1.82) is 0 Å². The van der Waals surface area contributed by atoms with Crippen LogP contribution in [0.4, 0.5) is 18.9 Å². The molecule has 136 valence electrons. The second kappa shape index (κ2) is 6.70. The molecule has 0 saturated heterocycles. The van der Waals surface area contributed by atoms with Gasteiger partial charge in [0.2, 0.25) is 0 Å². The third kappa shape index (κ3) is 3.96. The van der Waals surface area contributed by atoms with Crippen LogP contribution in [-0.2, 0) is 4.79 Å². The SMILES string of the molecule is CC1(C(=O)Nc2ccc(Oc3ccccc3)cc2)CC(C(F)(F)F)=NN1. The number of hydrogen-bond donors (Lipinski definition) is 2. The number of benzene rings is 2. The number of carbonyl (C=O) groups is 1. The summed E-state index contributed by atoms with van der Waals surface area (Å²) in [5.41, 5.74) is 0.276. The van der Waals surface area contributed by atoms with Crippen LogP contribution in [0.5, 0.6) is 11.5 Å². The van der Waals surface area contributed by atoms with E-state index in [0.717, 1.165) is 0 Å². The lowest BCUT2D eigenvalue weighted by molar-refractivity contribution is -0.121. The summed E-state index contributed by atoms with van der Waals surface area (Å²) < 4.78 is 43.7. The maximum Gasteiger partial charge on any atom is 0.431 e. The standard InChI is InChI=1S/C18H16F3N3O2/c1-17(11-15(23-24-17)18(19,20)21)16(25)22-12-7-9-14(10-8-12)26-13-5-3-2-4-6-13/h2-10,24H,11H2,1H3,(H,22,25). The van der Waals surface area contributed by atoms with E-state index in [-0.39, 0.29) is 0 Å².